The highest BCUT2D eigenvalue weighted by Crippen LogP contribution is 2.34. The molecule has 2 heterocycles. The molecule has 1 atom stereocenters. The van der Waals surface area contributed by atoms with Gasteiger partial charge in [0.05, 0.1) is 0 Å². The molecule has 0 fully saturated rings. The zero-order valence-corrected chi connectivity index (χ0v) is 12.0. The quantitative estimate of drug-likeness (QED) is 0.909. The van der Waals surface area contributed by atoms with Crippen molar-refractivity contribution in [2.24, 2.45) is 5.92 Å². The third-order valence-electron chi connectivity index (χ3n) is 3.72. The lowest BCUT2D eigenvalue weighted by atomic mass is 9.94. The van der Waals surface area contributed by atoms with Crippen molar-refractivity contribution >= 4 is 17.3 Å². The number of aryl methyl sites for hydroxylation is 1. The molecule has 3 rings (SSSR count). The Labute approximate surface area is 119 Å². The van der Waals surface area contributed by atoms with Crippen LogP contribution in [0.15, 0.2) is 30.3 Å². The zero-order chi connectivity index (χ0) is 14.1. The van der Waals surface area contributed by atoms with Gasteiger partial charge in [0.15, 0.2) is 0 Å². The molecule has 4 nitrogen and oxygen atoms in total. The fourth-order valence-corrected chi connectivity index (χ4v) is 2.81. The molecule has 0 aliphatic carbocycles. The van der Waals surface area contributed by atoms with E-state index in [-0.39, 0.29) is 0 Å². The summed E-state index contributed by atoms with van der Waals surface area (Å²) in [6.45, 7) is 5.29. The number of nitrogen functional groups attached to an aromatic ring is 1. The normalized spacial score (nSPS) is 17.9. The summed E-state index contributed by atoms with van der Waals surface area (Å²) < 4.78 is 0. The lowest BCUT2D eigenvalue weighted by Crippen LogP contribution is -2.31. The Hall–Kier alpha value is -2.10. The van der Waals surface area contributed by atoms with Crippen LogP contribution in [0.3, 0.4) is 0 Å². The van der Waals surface area contributed by atoms with Crippen molar-refractivity contribution in [2.45, 2.75) is 26.7 Å². The minimum atomic E-state index is 0.544. The Morgan fingerprint density at radius 2 is 2.10 bits per heavy atom. The lowest BCUT2D eigenvalue weighted by molar-refractivity contribution is 0.559. The van der Waals surface area contributed by atoms with Crippen molar-refractivity contribution < 1.29 is 0 Å². The first-order valence-electron chi connectivity index (χ1n) is 7.16. The molecule has 0 radical (unpaired) electrons. The molecule has 0 bridgehead atoms. The van der Waals surface area contributed by atoms with Crippen molar-refractivity contribution in [3.63, 3.8) is 0 Å². The van der Waals surface area contributed by atoms with Gasteiger partial charge in [-0.05, 0) is 24.0 Å². The van der Waals surface area contributed by atoms with Crippen LogP contribution in [0.1, 0.15) is 25.2 Å². The summed E-state index contributed by atoms with van der Waals surface area (Å²) in [6, 6.07) is 10.4. The maximum absolute atomic E-state index is 5.92. The second kappa shape index (κ2) is 5.12. The second-order valence-electron chi connectivity index (χ2n) is 5.47. The number of anilines is 3. The summed E-state index contributed by atoms with van der Waals surface area (Å²) in [4.78, 5) is 11.2. The first-order chi connectivity index (χ1) is 9.67. The Morgan fingerprint density at radius 3 is 2.90 bits per heavy atom. The minimum Gasteiger partial charge on any atom is -0.384 e. The molecular formula is C16H20N4. The molecule has 0 amide bonds. The Morgan fingerprint density at radius 1 is 1.30 bits per heavy atom. The predicted octanol–water partition coefficient (Wildman–Crippen LogP) is 2.95. The van der Waals surface area contributed by atoms with Gasteiger partial charge in [0, 0.05) is 24.7 Å². The Kier molecular flexibility index (Phi) is 3.30. The highest BCUT2D eigenvalue weighted by atomic mass is 15.2. The van der Waals surface area contributed by atoms with Gasteiger partial charge in [-0.2, -0.15) is 0 Å². The van der Waals surface area contributed by atoms with E-state index in [4.69, 9.17) is 5.73 Å². The maximum Gasteiger partial charge on any atom is 0.138 e. The molecule has 20 heavy (non-hydrogen) atoms. The fourth-order valence-electron chi connectivity index (χ4n) is 2.81. The van der Waals surface area contributed by atoms with Crippen molar-refractivity contribution in [3.8, 4) is 0 Å². The second-order valence-corrected chi connectivity index (χ2v) is 5.47. The summed E-state index contributed by atoms with van der Waals surface area (Å²) in [5.41, 5.74) is 8.54. The van der Waals surface area contributed by atoms with Gasteiger partial charge in [-0.1, -0.05) is 32.0 Å². The average Bonchev–Trinajstić information content (AvgIpc) is 2.45. The van der Waals surface area contributed by atoms with Crippen LogP contribution in [-0.4, -0.2) is 16.5 Å². The van der Waals surface area contributed by atoms with Gasteiger partial charge in [0.1, 0.15) is 17.5 Å². The number of nitrogens with two attached hydrogens (primary N) is 1. The monoisotopic (exact) mass is 268 g/mol. The molecule has 104 valence electrons. The number of benzene rings is 1. The van der Waals surface area contributed by atoms with Crippen LogP contribution in [0, 0.1) is 5.92 Å². The molecule has 1 aromatic heterocycles. The molecule has 0 saturated heterocycles. The SMILES string of the molecule is CCc1nc(N)cc(N2CC(C)Cc3ccccc32)n1. The maximum atomic E-state index is 5.92. The van der Waals surface area contributed by atoms with Gasteiger partial charge in [0.2, 0.25) is 0 Å². The summed E-state index contributed by atoms with van der Waals surface area (Å²) in [6.07, 6.45) is 1.91. The number of aromatic nitrogens is 2. The van der Waals surface area contributed by atoms with Crippen molar-refractivity contribution in [1.82, 2.24) is 9.97 Å². The molecule has 4 heteroatoms. The molecule has 2 N–H and O–H groups in total. The fraction of sp³-hybridized carbons (Fsp3) is 0.375. The van der Waals surface area contributed by atoms with Gasteiger partial charge in [-0.25, -0.2) is 9.97 Å². The van der Waals surface area contributed by atoms with Crippen LogP contribution in [-0.2, 0) is 12.8 Å². The summed E-state index contributed by atoms with van der Waals surface area (Å²) >= 11 is 0. The number of para-hydroxylation sites is 1. The molecule has 2 aromatic rings. The summed E-state index contributed by atoms with van der Waals surface area (Å²) in [7, 11) is 0. The van der Waals surface area contributed by atoms with Crippen molar-refractivity contribution in [3.05, 3.63) is 41.7 Å². The van der Waals surface area contributed by atoms with Gasteiger partial charge < -0.3 is 10.6 Å². The lowest BCUT2D eigenvalue weighted by Gasteiger charge is -2.34. The van der Waals surface area contributed by atoms with E-state index in [1.807, 2.05) is 13.0 Å². The zero-order valence-electron chi connectivity index (χ0n) is 12.0. The highest BCUT2D eigenvalue weighted by molar-refractivity contribution is 5.66. The molecule has 0 saturated carbocycles. The highest BCUT2D eigenvalue weighted by Gasteiger charge is 2.23. The third-order valence-corrected chi connectivity index (χ3v) is 3.72. The van der Waals surface area contributed by atoms with Crippen LogP contribution in [0.25, 0.3) is 0 Å². The summed E-state index contributed by atoms with van der Waals surface area (Å²) in [5, 5.41) is 0. The Bertz CT molecular complexity index is 624. The standard InChI is InChI=1S/C16H20N4/c1-3-15-18-14(17)9-16(19-15)20-10-11(2)8-12-6-4-5-7-13(12)20/h4-7,9,11H,3,8,10H2,1-2H3,(H2,17,18,19). The average molecular weight is 268 g/mol. The van der Waals surface area contributed by atoms with Crippen molar-refractivity contribution in [2.75, 3.05) is 17.2 Å². The van der Waals surface area contributed by atoms with E-state index in [9.17, 15) is 0 Å². The Balaban J connectivity index is 2.08. The molecule has 1 aliphatic heterocycles. The van der Waals surface area contributed by atoms with E-state index in [1.54, 1.807) is 0 Å². The number of fused-ring (bicyclic) bond motifs is 1. The molecular weight excluding hydrogens is 248 g/mol. The van der Waals surface area contributed by atoms with Crippen molar-refractivity contribution in [1.29, 1.82) is 0 Å². The topological polar surface area (TPSA) is 55.0 Å². The molecule has 1 aromatic carbocycles. The number of hydrogen-bond donors (Lipinski definition) is 1. The van der Waals surface area contributed by atoms with E-state index < -0.39 is 0 Å². The number of hydrogen-bond acceptors (Lipinski definition) is 4. The van der Waals surface area contributed by atoms with Crippen LogP contribution in [0.5, 0.6) is 0 Å². The van der Waals surface area contributed by atoms with E-state index in [0.29, 0.717) is 11.7 Å². The van der Waals surface area contributed by atoms with E-state index in [1.165, 1.54) is 11.3 Å². The summed E-state index contributed by atoms with van der Waals surface area (Å²) in [5.74, 6) is 2.86. The predicted molar refractivity (Wildman–Crippen MR) is 82.1 cm³/mol. The van der Waals surface area contributed by atoms with Crippen LogP contribution >= 0.6 is 0 Å². The van der Waals surface area contributed by atoms with Gasteiger partial charge >= 0.3 is 0 Å². The largest absolute Gasteiger partial charge is 0.384 e. The van der Waals surface area contributed by atoms with Crippen LogP contribution in [0.2, 0.25) is 0 Å². The number of nitrogens with zero attached hydrogens (tertiary/aromatic N) is 3. The third kappa shape index (κ3) is 2.33. The first-order valence-corrected chi connectivity index (χ1v) is 7.16. The van der Waals surface area contributed by atoms with E-state index in [2.05, 4.69) is 46.1 Å². The first kappa shape index (κ1) is 12.9. The van der Waals surface area contributed by atoms with E-state index in [0.717, 1.165) is 31.0 Å². The van der Waals surface area contributed by atoms with E-state index >= 15 is 0 Å². The van der Waals surface area contributed by atoms with Crippen LogP contribution < -0.4 is 10.6 Å². The van der Waals surface area contributed by atoms with Gasteiger partial charge in [-0.3, -0.25) is 0 Å². The molecule has 1 unspecified atom stereocenters. The minimum absolute atomic E-state index is 0.544. The molecule has 0 spiro atoms. The molecule has 1 aliphatic rings. The smallest absolute Gasteiger partial charge is 0.138 e. The van der Waals surface area contributed by atoms with Crippen LogP contribution in [0.4, 0.5) is 17.3 Å². The van der Waals surface area contributed by atoms with Gasteiger partial charge in [-0.15, -0.1) is 0 Å². The number of rotatable bonds is 2. The van der Waals surface area contributed by atoms with Gasteiger partial charge in [0.25, 0.3) is 0 Å².